The second-order valence-corrected chi connectivity index (χ2v) is 7.78. The van der Waals surface area contributed by atoms with Gasteiger partial charge in [-0.25, -0.2) is 9.78 Å². The zero-order chi connectivity index (χ0) is 18.8. The highest BCUT2D eigenvalue weighted by atomic mass is 35.5. The third-order valence-electron chi connectivity index (χ3n) is 4.98. The van der Waals surface area contributed by atoms with Crippen LogP contribution in [-0.2, 0) is 11.3 Å². The van der Waals surface area contributed by atoms with Crippen molar-refractivity contribution in [1.29, 1.82) is 0 Å². The van der Waals surface area contributed by atoms with Crippen molar-refractivity contribution in [2.45, 2.75) is 19.1 Å². The van der Waals surface area contributed by atoms with Gasteiger partial charge in [-0.1, -0.05) is 41.9 Å². The molecule has 1 aliphatic rings. The Hall–Kier alpha value is -2.15. The number of ether oxygens (including phenoxy) is 1. The zero-order valence-electron chi connectivity index (χ0n) is 14.5. The van der Waals surface area contributed by atoms with E-state index in [0.717, 1.165) is 28.5 Å². The van der Waals surface area contributed by atoms with Crippen molar-refractivity contribution in [3.8, 4) is 0 Å². The number of aliphatic hydroxyl groups excluding tert-OH is 1. The molecule has 0 spiro atoms. The summed E-state index contributed by atoms with van der Waals surface area (Å²) in [6.45, 7) is 1.21. The first kappa shape index (κ1) is 18.2. The lowest BCUT2D eigenvalue weighted by Crippen LogP contribution is -2.30. The lowest BCUT2D eigenvalue weighted by atomic mass is 9.91. The molecule has 2 unspecified atom stereocenters. The van der Waals surface area contributed by atoms with Crippen molar-refractivity contribution >= 4 is 39.8 Å². The summed E-state index contributed by atoms with van der Waals surface area (Å²) in [4.78, 5) is 18.0. The number of aromatic nitrogens is 1. The number of hydrogen-bond acceptors (Lipinski definition) is 5. The quantitative estimate of drug-likeness (QED) is 0.690. The monoisotopic (exact) mass is 402 g/mol. The molecule has 1 aromatic heterocycles. The van der Waals surface area contributed by atoms with E-state index < -0.39 is 6.10 Å². The number of aliphatic hydroxyl groups is 1. The zero-order valence-corrected chi connectivity index (χ0v) is 16.1. The molecular weight excluding hydrogens is 384 g/mol. The van der Waals surface area contributed by atoms with Gasteiger partial charge in [0.05, 0.1) is 17.3 Å². The lowest BCUT2D eigenvalue weighted by Gasteiger charge is -2.21. The van der Waals surface area contributed by atoms with Crippen LogP contribution in [0.2, 0.25) is 5.02 Å². The molecule has 4 rings (SSSR count). The van der Waals surface area contributed by atoms with E-state index in [-0.39, 0.29) is 18.6 Å². The molecule has 0 bridgehead atoms. The highest BCUT2D eigenvalue weighted by molar-refractivity contribution is 7.07. The van der Waals surface area contributed by atoms with Crippen LogP contribution in [0.15, 0.2) is 47.3 Å². The lowest BCUT2D eigenvalue weighted by molar-refractivity contribution is 0.0897. The van der Waals surface area contributed by atoms with Crippen molar-refractivity contribution in [2.24, 2.45) is 5.92 Å². The number of likely N-dealkylation sites (tertiary alicyclic amines) is 1. The van der Waals surface area contributed by atoms with Crippen molar-refractivity contribution in [2.75, 3.05) is 13.1 Å². The number of carbonyl (C=O) groups excluding carboxylic acids is 1. The molecular formula is C20H19ClN2O3S. The van der Waals surface area contributed by atoms with Gasteiger partial charge in [0.15, 0.2) is 0 Å². The van der Waals surface area contributed by atoms with Gasteiger partial charge in [0.2, 0.25) is 0 Å². The highest BCUT2D eigenvalue weighted by Gasteiger charge is 2.33. The molecule has 0 saturated carbocycles. The molecule has 140 valence electrons. The Balaban J connectivity index is 1.44. The molecule has 5 nitrogen and oxygen atoms in total. The average molecular weight is 403 g/mol. The molecule has 1 fully saturated rings. The van der Waals surface area contributed by atoms with Crippen molar-refractivity contribution in [1.82, 2.24) is 9.88 Å². The van der Waals surface area contributed by atoms with Crippen LogP contribution < -0.4 is 0 Å². The number of nitrogens with zero attached hydrogens (tertiary/aromatic N) is 2. The second kappa shape index (κ2) is 7.84. The van der Waals surface area contributed by atoms with E-state index in [1.165, 1.54) is 11.3 Å². The number of carbonyl (C=O) groups is 1. The van der Waals surface area contributed by atoms with Crippen LogP contribution in [0.5, 0.6) is 0 Å². The predicted octanol–water partition coefficient (Wildman–Crippen LogP) is 4.64. The van der Waals surface area contributed by atoms with Crippen LogP contribution in [-0.4, -0.2) is 34.2 Å². The van der Waals surface area contributed by atoms with E-state index >= 15 is 0 Å². The first-order chi connectivity index (χ1) is 13.1. The van der Waals surface area contributed by atoms with Crippen LogP contribution in [0.3, 0.4) is 0 Å². The van der Waals surface area contributed by atoms with Gasteiger partial charge < -0.3 is 14.7 Å². The van der Waals surface area contributed by atoms with Gasteiger partial charge in [-0.15, -0.1) is 11.3 Å². The number of hydrogen-bond donors (Lipinski definition) is 1. The summed E-state index contributed by atoms with van der Waals surface area (Å²) < 4.78 is 5.32. The molecule has 0 radical (unpaired) electrons. The first-order valence-corrected chi connectivity index (χ1v) is 10.1. The molecule has 7 heteroatoms. The molecule has 2 atom stereocenters. The maximum atomic E-state index is 12.3. The summed E-state index contributed by atoms with van der Waals surface area (Å²) in [5.74, 6) is -0.0404. The van der Waals surface area contributed by atoms with Crippen LogP contribution >= 0.6 is 22.9 Å². The van der Waals surface area contributed by atoms with E-state index in [0.29, 0.717) is 18.1 Å². The summed E-state index contributed by atoms with van der Waals surface area (Å²) >= 11 is 7.75. The van der Waals surface area contributed by atoms with E-state index in [1.54, 1.807) is 10.4 Å². The van der Waals surface area contributed by atoms with Gasteiger partial charge in [0.1, 0.15) is 6.61 Å². The normalized spacial score (nSPS) is 18.0. The molecule has 2 heterocycles. The molecule has 2 aromatic carbocycles. The minimum atomic E-state index is -0.663. The number of rotatable bonds is 4. The highest BCUT2D eigenvalue weighted by Crippen LogP contribution is 2.36. The van der Waals surface area contributed by atoms with Gasteiger partial charge >= 0.3 is 6.09 Å². The van der Waals surface area contributed by atoms with Crippen molar-refractivity contribution < 1.29 is 14.6 Å². The summed E-state index contributed by atoms with van der Waals surface area (Å²) in [5, 5.41) is 15.4. The van der Waals surface area contributed by atoms with E-state index in [2.05, 4.69) is 4.98 Å². The van der Waals surface area contributed by atoms with Crippen molar-refractivity contribution in [3.63, 3.8) is 0 Å². The fourth-order valence-electron chi connectivity index (χ4n) is 3.54. The summed E-state index contributed by atoms with van der Waals surface area (Å²) in [7, 11) is 0. The van der Waals surface area contributed by atoms with E-state index in [1.807, 2.05) is 41.8 Å². The topological polar surface area (TPSA) is 62.7 Å². The Morgan fingerprint density at radius 3 is 2.93 bits per heavy atom. The van der Waals surface area contributed by atoms with Gasteiger partial charge in [-0.05, 0) is 23.4 Å². The third kappa shape index (κ3) is 3.78. The molecule has 1 aliphatic heterocycles. The largest absolute Gasteiger partial charge is 0.443 e. The van der Waals surface area contributed by atoms with Gasteiger partial charge in [0.25, 0.3) is 0 Å². The minimum absolute atomic E-state index is 0.0404. The summed E-state index contributed by atoms with van der Waals surface area (Å²) in [6, 6.07) is 11.5. The Morgan fingerprint density at radius 1 is 1.33 bits per heavy atom. The van der Waals surface area contributed by atoms with Gasteiger partial charge in [0, 0.05) is 34.8 Å². The number of fused-ring (bicyclic) bond motifs is 1. The molecule has 3 aromatic rings. The fraction of sp³-hybridized carbons (Fsp3) is 0.300. The minimum Gasteiger partial charge on any atom is -0.443 e. The van der Waals surface area contributed by atoms with Crippen LogP contribution in [0.25, 0.3) is 10.8 Å². The van der Waals surface area contributed by atoms with Crippen LogP contribution in [0, 0.1) is 5.92 Å². The standard InChI is InChI=1S/C20H19ClN2O3S/c21-18-6-5-17(15-3-1-2-4-16(15)18)19(24)13-7-8-23(9-13)20(25)26-10-14-11-27-12-22-14/h1-6,11-13,19,24H,7-10H2. The Kier molecular flexibility index (Phi) is 5.29. The Labute approximate surface area is 166 Å². The number of halogens is 1. The smallest absolute Gasteiger partial charge is 0.410 e. The maximum Gasteiger partial charge on any atom is 0.410 e. The number of thiazole rings is 1. The first-order valence-electron chi connectivity index (χ1n) is 8.77. The third-order valence-corrected chi connectivity index (χ3v) is 5.94. The Morgan fingerprint density at radius 2 is 2.15 bits per heavy atom. The van der Waals surface area contributed by atoms with E-state index in [9.17, 15) is 9.90 Å². The summed E-state index contributed by atoms with van der Waals surface area (Å²) in [6.07, 6.45) is -0.300. The van der Waals surface area contributed by atoms with Crippen LogP contribution in [0.1, 0.15) is 23.8 Å². The number of amides is 1. The number of benzene rings is 2. The SMILES string of the molecule is O=C(OCc1cscn1)N1CCC(C(O)c2ccc(Cl)c3ccccc23)C1. The average Bonchev–Trinajstić information content (AvgIpc) is 3.38. The molecule has 1 amide bonds. The predicted molar refractivity (Wildman–Crippen MR) is 106 cm³/mol. The van der Waals surface area contributed by atoms with Crippen molar-refractivity contribution in [3.05, 3.63) is 63.6 Å². The Bertz CT molecular complexity index is 948. The van der Waals surface area contributed by atoms with Gasteiger partial charge in [-0.3, -0.25) is 0 Å². The molecule has 1 saturated heterocycles. The van der Waals surface area contributed by atoms with Crippen LogP contribution in [0.4, 0.5) is 4.79 Å². The molecule has 27 heavy (non-hydrogen) atoms. The molecule has 1 N–H and O–H groups in total. The van der Waals surface area contributed by atoms with Gasteiger partial charge in [-0.2, -0.15) is 0 Å². The second-order valence-electron chi connectivity index (χ2n) is 6.66. The molecule has 0 aliphatic carbocycles. The fourth-order valence-corrected chi connectivity index (χ4v) is 4.31. The maximum absolute atomic E-state index is 12.3. The van der Waals surface area contributed by atoms with E-state index in [4.69, 9.17) is 16.3 Å². The summed E-state index contributed by atoms with van der Waals surface area (Å²) in [5.41, 5.74) is 3.30.